The van der Waals surface area contributed by atoms with Crippen LogP contribution in [0.2, 0.25) is 0 Å². The molecule has 11 nitrogen and oxygen atoms in total. The Morgan fingerprint density at radius 2 is 1.70 bits per heavy atom. The summed E-state index contributed by atoms with van der Waals surface area (Å²) < 4.78 is 35.3. The average molecular weight is 662 g/mol. The maximum absolute atomic E-state index is 14.2. The van der Waals surface area contributed by atoms with Crippen molar-refractivity contribution >= 4 is 45.0 Å². The molecule has 1 aromatic heterocycles. The zero-order valence-corrected chi connectivity index (χ0v) is 28.1. The van der Waals surface area contributed by atoms with E-state index in [0.717, 1.165) is 57.7 Å². The van der Waals surface area contributed by atoms with Gasteiger partial charge in [0.1, 0.15) is 0 Å². The third kappa shape index (κ3) is 6.72. The number of esters is 1. The van der Waals surface area contributed by atoms with Crippen molar-refractivity contribution < 1.29 is 27.5 Å². The first-order valence-corrected chi connectivity index (χ1v) is 17.9. The minimum Gasteiger partial charge on any atom is -0.465 e. The van der Waals surface area contributed by atoms with E-state index >= 15 is 0 Å². The van der Waals surface area contributed by atoms with Crippen LogP contribution in [0.3, 0.4) is 0 Å². The molecule has 0 unspecified atom stereocenters. The number of rotatable bonds is 8. The molecule has 2 aromatic carbocycles. The molecule has 1 aliphatic carbocycles. The number of nitrogens with zero attached hydrogens (tertiary/aromatic N) is 4. The highest BCUT2D eigenvalue weighted by molar-refractivity contribution is 7.87. The van der Waals surface area contributed by atoms with Gasteiger partial charge in [-0.1, -0.05) is 49.6 Å². The van der Waals surface area contributed by atoms with Crippen LogP contribution in [0.25, 0.3) is 28.2 Å². The van der Waals surface area contributed by atoms with Crippen LogP contribution in [-0.4, -0.2) is 98.3 Å². The standard InChI is InChI=1S/C35H43N5O6S/c1-4-46-31(41)23-38-16-18-39(19-17-38)35(43)27-20-25-12-8-9-13-28(25)33-32(24-10-6-5-7-11-24)29-15-14-26(21-30(29)40(33)22-27)34(42)36-47(44,45)37(2)3/h8-9,12-15,20-21,24H,4-7,10-11,16-19,22-23H2,1-3H3,(H,36,42). The second-order valence-electron chi connectivity index (χ2n) is 12.8. The Morgan fingerprint density at radius 1 is 0.979 bits per heavy atom. The fraction of sp³-hybridized carbons (Fsp3) is 0.457. The predicted molar refractivity (Wildman–Crippen MR) is 181 cm³/mol. The molecule has 12 heteroatoms. The summed E-state index contributed by atoms with van der Waals surface area (Å²) in [7, 11) is -1.25. The minimum absolute atomic E-state index is 0.0597. The van der Waals surface area contributed by atoms with Crippen molar-refractivity contribution in [2.75, 3.05) is 53.4 Å². The van der Waals surface area contributed by atoms with Crippen molar-refractivity contribution in [2.45, 2.75) is 51.5 Å². The molecule has 2 fully saturated rings. The number of aromatic nitrogens is 1. The van der Waals surface area contributed by atoms with Gasteiger partial charge in [-0.3, -0.25) is 19.3 Å². The Morgan fingerprint density at radius 3 is 2.40 bits per heavy atom. The number of benzene rings is 2. The van der Waals surface area contributed by atoms with Crippen LogP contribution in [0.4, 0.5) is 0 Å². The molecule has 1 N–H and O–H groups in total. The van der Waals surface area contributed by atoms with E-state index in [1.54, 1.807) is 19.1 Å². The molecule has 1 saturated heterocycles. The summed E-state index contributed by atoms with van der Waals surface area (Å²) in [6.45, 7) is 4.78. The van der Waals surface area contributed by atoms with Crippen molar-refractivity contribution in [3.05, 3.63) is 64.7 Å². The van der Waals surface area contributed by atoms with E-state index in [9.17, 15) is 22.8 Å². The summed E-state index contributed by atoms with van der Waals surface area (Å²) in [5.41, 5.74) is 5.94. The molecule has 47 heavy (non-hydrogen) atoms. The molecule has 6 rings (SSSR count). The molecule has 2 amide bonds. The zero-order chi connectivity index (χ0) is 33.3. The highest BCUT2D eigenvalue weighted by Gasteiger charge is 2.32. The molecule has 0 bridgehead atoms. The van der Waals surface area contributed by atoms with Crippen LogP contribution >= 0.6 is 0 Å². The lowest BCUT2D eigenvalue weighted by Crippen LogP contribution is -2.50. The second kappa shape index (κ2) is 13.6. The molecular formula is C35H43N5O6S. The van der Waals surface area contributed by atoms with Gasteiger partial charge in [-0.15, -0.1) is 0 Å². The van der Waals surface area contributed by atoms with Gasteiger partial charge in [-0.25, -0.2) is 4.72 Å². The van der Waals surface area contributed by atoms with Gasteiger partial charge >= 0.3 is 16.2 Å². The Bertz CT molecular complexity index is 1830. The third-order valence-electron chi connectivity index (χ3n) is 9.55. The van der Waals surface area contributed by atoms with E-state index in [1.165, 1.54) is 26.1 Å². The predicted octanol–water partition coefficient (Wildman–Crippen LogP) is 4.00. The van der Waals surface area contributed by atoms with Crippen LogP contribution in [0, 0.1) is 0 Å². The molecule has 3 aliphatic rings. The van der Waals surface area contributed by atoms with Gasteiger partial charge in [0, 0.05) is 67.9 Å². The van der Waals surface area contributed by atoms with E-state index in [4.69, 9.17) is 4.74 Å². The normalized spacial score (nSPS) is 17.5. The highest BCUT2D eigenvalue weighted by atomic mass is 32.2. The van der Waals surface area contributed by atoms with E-state index in [-0.39, 0.29) is 24.0 Å². The number of nitrogens with one attached hydrogen (secondary N) is 1. The lowest BCUT2D eigenvalue weighted by Gasteiger charge is -2.34. The van der Waals surface area contributed by atoms with Crippen LogP contribution in [0.15, 0.2) is 48.0 Å². The van der Waals surface area contributed by atoms with E-state index in [0.29, 0.717) is 50.8 Å². The molecule has 3 heterocycles. The number of amides is 2. The fourth-order valence-corrected chi connectivity index (χ4v) is 7.65. The number of hydrogen-bond donors (Lipinski definition) is 1. The van der Waals surface area contributed by atoms with Crippen molar-refractivity contribution in [3.63, 3.8) is 0 Å². The zero-order valence-electron chi connectivity index (χ0n) is 27.3. The van der Waals surface area contributed by atoms with Gasteiger partial charge in [-0.2, -0.15) is 12.7 Å². The number of carbonyl (C=O) groups is 3. The molecule has 0 spiro atoms. The first-order chi connectivity index (χ1) is 22.6. The maximum Gasteiger partial charge on any atom is 0.320 e. The van der Waals surface area contributed by atoms with Gasteiger partial charge in [0.05, 0.1) is 25.4 Å². The maximum atomic E-state index is 14.2. The van der Waals surface area contributed by atoms with Crippen molar-refractivity contribution in [2.24, 2.45) is 0 Å². The number of carbonyl (C=O) groups excluding carboxylic acids is 3. The quantitative estimate of drug-likeness (QED) is 0.363. The van der Waals surface area contributed by atoms with Gasteiger partial charge < -0.3 is 14.2 Å². The van der Waals surface area contributed by atoms with Crippen LogP contribution in [0.1, 0.15) is 66.4 Å². The van der Waals surface area contributed by atoms with E-state index < -0.39 is 16.1 Å². The van der Waals surface area contributed by atoms with Crippen LogP contribution in [0.5, 0.6) is 0 Å². The van der Waals surface area contributed by atoms with Crippen LogP contribution in [-0.2, 0) is 31.1 Å². The molecule has 1 saturated carbocycles. The summed E-state index contributed by atoms with van der Waals surface area (Å²) in [4.78, 5) is 43.3. The van der Waals surface area contributed by atoms with E-state index in [2.05, 4.69) is 15.4 Å². The summed E-state index contributed by atoms with van der Waals surface area (Å²) in [6.07, 6.45) is 7.61. The lowest BCUT2D eigenvalue weighted by atomic mass is 9.81. The number of fused-ring (bicyclic) bond motifs is 5. The Hall–Kier alpha value is -4.00. The molecular weight excluding hydrogens is 618 g/mol. The van der Waals surface area contributed by atoms with Crippen molar-refractivity contribution in [1.29, 1.82) is 0 Å². The first kappa shape index (κ1) is 32.9. The Labute approximate surface area is 276 Å². The van der Waals surface area contributed by atoms with Gasteiger partial charge in [0.2, 0.25) is 0 Å². The monoisotopic (exact) mass is 661 g/mol. The smallest absolute Gasteiger partial charge is 0.320 e. The van der Waals surface area contributed by atoms with Gasteiger partial charge in [-0.05, 0) is 55.0 Å². The van der Waals surface area contributed by atoms with Gasteiger partial charge in [0.25, 0.3) is 11.8 Å². The number of hydrogen-bond acceptors (Lipinski definition) is 7. The summed E-state index contributed by atoms with van der Waals surface area (Å²) in [6, 6.07) is 13.5. The summed E-state index contributed by atoms with van der Waals surface area (Å²) in [5.74, 6) is -0.704. The summed E-state index contributed by atoms with van der Waals surface area (Å²) in [5, 5.41) is 1.02. The number of ether oxygens (including phenoxy) is 1. The summed E-state index contributed by atoms with van der Waals surface area (Å²) >= 11 is 0. The largest absolute Gasteiger partial charge is 0.465 e. The Kier molecular flexibility index (Phi) is 9.54. The minimum atomic E-state index is -3.98. The van der Waals surface area contributed by atoms with Gasteiger partial charge in [0.15, 0.2) is 0 Å². The topological polar surface area (TPSA) is 121 Å². The molecule has 2 aliphatic heterocycles. The third-order valence-corrected chi connectivity index (χ3v) is 11.0. The average Bonchev–Trinajstić information content (AvgIpc) is 3.27. The Balaban J connectivity index is 1.41. The van der Waals surface area contributed by atoms with Crippen molar-refractivity contribution in [1.82, 2.24) is 23.4 Å². The SMILES string of the molecule is CCOC(=O)CN1CCN(C(=O)C2=Cc3ccccc3-c3c(C4CCCCC4)c4ccc(C(=O)NS(=O)(=O)N(C)C)cc4n3C2)CC1. The second-order valence-corrected chi connectivity index (χ2v) is 14.6. The lowest BCUT2D eigenvalue weighted by molar-refractivity contribution is -0.145. The first-order valence-electron chi connectivity index (χ1n) is 16.4. The molecule has 250 valence electrons. The fourth-order valence-electron chi connectivity index (χ4n) is 7.12. The van der Waals surface area contributed by atoms with Crippen LogP contribution < -0.4 is 4.72 Å². The molecule has 0 atom stereocenters. The molecule has 3 aromatic rings. The number of piperazine rings is 1. The highest BCUT2D eigenvalue weighted by Crippen LogP contribution is 2.46. The molecule has 0 radical (unpaired) electrons. The van der Waals surface area contributed by atoms with E-state index in [1.807, 2.05) is 40.1 Å². The van der Waals surface area contributed by atoms with Crippen molar-refractivity contribution in [3.8, 4) is 11.3 Å².